The molecule has 0 spiro atoms. The summed E-state index contributed by atoms with van der Waals surface area (Å²) in [6.45, 7) is 6.50. The summed E-state index contributed by atoms with van der Waals surface area (Å²) in [5.74, 6) is 0.673. The molecule has 4 nitrogen and oxygen atoms in total. The Balaban J connectivity index is 0.00000110. The van der Waals surface area contributed by atoms with Crippen molar-refractivity contribution in [3.05, 3.63) is 0 Å². The smallest absolute Gasteiger partial charge is 0.227 e. The fourth-order valence-electron chi connectivity index (χ4n) is 3.86. The number of nitrogens with zero attached hydrogens (tertiary/aromatic N) is 2. The summed E-state index contributed by atoms with van der Waals surface area (Å²) in [5.41, 5.74) is 0. The molecule has 0 aliphatic carbocycles. The Morgan fingerprint density at radius 1 is 1.00 bits per heavy atom. The van der Waals surface area contributed by atoms with E-state index in [-0.39, 0.29) is 30.7 Å². The number of nitrogens with one attached hydrogen (secondary N) is 1. The quantitative estimate of drug-likeness (QED) is 0.854. The molecule has 0 saturated carbocycles. The SMILES string of the molecule is Cl.Cl.O=C(C1CCNC1)N1CCCC1CN1CCCCC1. The molecule has 2 unspecified atom stereocenters. The number of hydrogen-bond acceptors (Lipinski definition) is 3. The molecule has 3 saturated heterocycles. The molecule has 3 rings (SSSR count). The second kappa shape index (κ2) is 9.19. The van der Waals surface area contributed by atoms with E-state index in [9.17, 15) is 4.79 Å². The van der Waals surface area contributed by atoms with Gasteiger partial charge in [-0.3, -0.25) is 4.79 Å². The van der Waals surface area contributed by atoms with Crippen molar-refractivity contribution in [3.63, 3.8) is 0 Å². The zero-order valence-corrected chi connectivity index (χ0v) is 14.4. The van der Waals surface area contributed by atoms with Gasteiger partial charge < -0.3 is 15.1 Å². The van der Waals surface area contributed by atoms with E-state index >= 15 is 0 Å². The van der Waals surface area contributed by atoms with Gasteiger partial charge >= 0.3 is 0 Å². The lowest BCUT2D eigenvalue weighted by Gasteiger charge is -2.34. The Labute approximate surface area is 140 Å². The van der Waals surface area contributed by atoms with Crippen molar-refractivity contribution in [1.82, 2.24) is 15.1 Å². The Kier molecular flexibility index (Phi) is 8.32. The van der Waals surface area contributed by atoms with E-state index in [1.165, 1.54) is 45.2 Å². The number of amides is 1. The van der Waals surface area contributed by atoms with Gasteiger partial charge in [-0.25, -0.2) is 0 Å². The molecule has 3 aliphatic rings. The van der Waals surface area contributed by atoms with Gasteiger partial charge in [0, 0.05) is 25.7 Å². The van der Waals surface area contributed by atoms with Crippen molar-refractivity contribution < 1.29 is 4.79 Å². The summed E-state index contributed by atoms with van der Waals surface area (Å²) < 4.78 is 0. The van der Waals surface area contributed by atoms with Gasteiger partial charge in [0.2, 0.25) is 5.91 Å². The third-order valence-electron chi connectivity index (χ3n) is 4.99. The first-order valence-electron chi connectivity index (χ1n) is 8.08. The number of likely N-dealkylation sites (tertiary alicyclic amines) is 2. The highest BCUT2D eigenvalue weighted by atomic mass is 35.5. The molecule has 6 heteroatoms. The third-order valence-corrected chi connectivity index (χ3v) is 4.99. The van der Waals surface area contributed by atoms with E-state index in [1.54, 1.807) is 0 Å². The van der Waals surface area contributed by atoms with Crippen LogP contribution in [0.3, 0.4) is 0 Å². The van der Waals surface area contributed by atoms with E-state index in [4.69, 9.17) is 0 Å². The summed E-state index contributed by atoms with van der Waals surface area (Å²) in [5, 5.41) is 3.32. The lowest BCUT2D eigenvalue weighted by atomic mass is 10.1. The monoisotopic (exact) mass is 337 g/mol. The first-order chi connectivity index (χ1) is 9.34. The molecule has 3 heterocycles. The summed E-state index contributed by atoms with van der Waals surface area (Å²) >= 11 is 0. The second-order valence-electron chi connectivity index (χ2n) is 6.38. The Morgan fingerprint density at radius 3 is 2.43 bits per heavy atom. The highest BCUT2D eigenvalue weighted by Crippen LogP contribution is 2.23. The van der Waals surface area contributed by atoms with Crippen LogP contribution in [0.25, 0.3) is 0 Å². The van der Waals surface area contributed by atoms with Crippen molar-refractivity contribution in [2.24, 2.45) is 5.92 Å². The van der Waals surface area contributed by atoms with Gasteiger partial charge in [-0.1, -0.05) is 6.42 Å². The van der Waals surface area contributed by atoms with Crippen LogP contribution < -0.4 is 5.32 Å². The van der Waals surface area contributed by atoms with Crippen molar-refractivity contribution in [1.29, 1.82) is 0 Å². The Hall–Kier alpha value is -0.0300. The molecule has 1 N–H and O–H groups in total. The fourth-order valence-corrected chi connectivity index (χ4v) is 3.86. The number of piperidine rings is 1. The van der Waals surface area contributed by atoms with Gasteiger partial charge in [0.05, 0.1) is 5.92 Å². The minimum atomic E-state index is 0. The summed E-state index contributed by atoms with van der Waals surface area (Å²) in [6.07, 6.45) is 7.51. The molecule has 2 atom stereocenters. The molecular formula is C15H29Cl2N3O. The van der Waals surface area contributed by atoms with Gasteiger partial charge in [-0.15, -0.1) is 24.8 Å². The maximum Gasteiger partial charge on any atom is 0.227 e. The largest absolute Gasteiger partial charge is 0.338 e. The number of halogens is 2. The average molecular weight is 338 g/mol. The van der Waals surface area contributed by atoms with Crippen LogP contribution >= 0.6 is 24.8 Å². The summed E-state index contributed by atoms with van der Waals surface area (Å²) in [6, 6.07) is 0.492. The van der Waals surface area contributed by atoms with Crippen LogP contribution in [0.15, 0.2) is 0 Å². The molecule has 0 aromatic carbocycles. The van der Waals surface area contributed by atoms with Crippen LogP contribution in [0.2, 0.25) is 0 Å². The second-order valence-corrected chi connectivity index (χ2v) is 6.38. The van der Waals surface area contributed by atoms with Crippen molar-refractivity contribution in [3.8, 4) is 0 Å². The van der Waals surface area contributed by atoms with Crippen LogP contribution in [-0.4, -0.2) is 61.0 Å². The summed E-state index contributed by atoms with van der Waals surface area (Å²) in [7, 11) is 0. The first kappa shape index (κ1) is 19.0. The maximum atomic E-state index is 12.6. The van der Waals surface area contributed by atoms with Gasteiger partial charge in [-0.2, -0.15) is 0 Å². The lowest BCUT2D eigenvalue weighted by Crippen LogP contribution is -2.46. The van der Waals surface area contributed by atoms with E-state index < -0.39 is 0 Å². The van der Waals surface area contributed by atoms with E-state index in [0.29, 0.717) is 11.9 Å². The van der Waals surface area contributed by atoms with E-state index in [2.05, 4.69) is 15.1 Å². The van der Waals surface area contributed by atoms with Gasteiger partial charge in [0.15, 0.2) is 0 Å². The predicted molar refractivity (Wildman–Crippen MR) is 90.5 cm³/mol. The molecule has 0 aromatic rings. The van der Waals surface area contributed by atoms with Crippen molar-refractivity contribution >= 4 is 30.7 Å². The van der Waals surface area contributed by atoms with Crippen molar-refractivity contribution in [2.45, 2.75) is 44.6 Å². The topological polar surface area (TPSA) is 35.6 Å². The zero-order chi connectivity index (χ0) is 13.1. The zero-order valence-electron chi connectivity index (χ0n) is 12.8. The minimum absolute atomic E-state index is 0. The van der Waals surface area contributed by atoms with Crippen LogP contribution in [0.5, 0.6) is 0 Å². The van der Waals surface area contributed by atoms with Crippen LogP contribution in [-0.2, 0) is 4.79 Å². The van der Waals surface area contributed by atoms with E-state index in [0.717, 1.165) is 32.6 Å². The average Bonchev–Trinajstić information content (AvgIpc) is 3.10. The highest BCUT2D eigenvalue weighted by molar-refractivity contribution is 5.85. The molecule has 3 aliphatic heterocycles. The molecule has 0 bridgehead atoms. The predicted octanol–water partition coefficient (Wildman–Crippen LogP) is 1.92. The molecule has 1 amide bonds. The van der Waals surface area contributed by atoms with Gasteiger partial charge in [0.25, 0.3) is 0 Å². The molecule has 0 radical (unpaired) electrons. The molecular weight excluding hydrogens is 309 g/mol. The Morgan fingerprint density at radius 2 is 1.76 bits per heavy atom. The van der Waals surface area contributed by atoms with Crippen LogP contribution in [0.1, 0.15) is 38.5 Å². The fraction of sp³-hybridized carbons (Fsp3) is 0.933. The molecule has 21 heavy (non-hydrogen) atoms. The number of carbonyl (C=O) groups excluding carboxylic acids is 1. The molecule has 124 valence electrons. The maximum absolute atomic E-state index is 12.6. The minimum Gasteiger partial charge on any atom is -0.338 e. The van der Waals surface area contributed by atoms with E-state index in [1.807, 2.05) is 0 Å². The van der Waals surface area contributed by atoms with Crippen molar-refractivity contribution in [2.75, 3.05) is 39.3 Å². The number of hydrogen-bond donors (Lipinski definition) is 1. The standard InChI is InChI=1S/C15H27N3O.2ClH/c19-15(13-6-7-16-11-13)18-10-4-5-14(18)12-17-8-2-1-3-9-17;;/h13-14,16H,1-12H2;2*1H. The molecule has 0 aromatic heterocycles. The molecule has 3 fully saturated rings. The van der Waals surface area contributed by atoms with Gasteiger partial charge in [0.1, 0.15) is 0 Å². The number of carbonyl (C=O) groups is 1. The first-order valence-corrected chi connectivity index (χ1v) is 8.08. The Bertz CT molecular complexity index is 318. The van der Waals surface area contributed by atoms with Crippen LogP contribution in [0.4, 0.5) is 0 Å². The summed E-state index contributed by atoms with van der Waals surface area (Å²) in [4.78, 5) is 17.3. The normalized spacial score (nSPS) is 29.8. The third kappa shape index (κ3) is 4.72. The highest BCUT2D eigenvalue weighted by Gasteiger charge is 2.35. The van der Waals surface area contributed by atoms with Crippen LogP contribution in [0, 0.1) is 5.92 Å². The number of rotatable bonds is 3. The van der Waals surface area contributed by atoms with Gasteiger partial charge in [-0.05, 0) is 51.7 Å². The lowest BCUT2D eigenvalue weighted by molar-refractivity contribution is -0.136.